The van der Waals surface area contributed by atoms with Gasteiger partial charge in [-0.15, -0.1) is 0 Å². The van der Waals surface area contributed by atoms with Gasteiger partial charge in [0.25, 0.3) is 0 Å². The number of hydrogen-bond acceptors (Lipinski definition) is 2. The van der Waals surface area contributed by atoms with Crippen LogP contribution in [0.2, 0.25) is 0 Å². The molecule has 3 amide bonds. The van der Waals surface area contributed by atoms with E-state index in [1.165, 1.54) is 0 Å². The maximum Gasteiger partial charge on any atom is 0.321 e. The summed E-state index contributed by atoms with van der Waals surface area (Å²) in [5.74, 6) is -0.181. The summed E-state index contributed by atoms with van der Waals surface area (Å²) in [4.78, 5) is 22.4. The molecular weight excluding hydrogens is 132 g/mol. The molecule has 0 aromatic carbocycles. The van der Waals surface area contributed by atoms with Crippen molar-refractivity contribution < 1.29 is 9.59 Å². The molecule has 1 fully saturated rings. The summed E-state index contributed by atoms with van der Waals surface area (Å²) in [6.07, 6.45) is 0. The Labute approximate surface area is 59.0 Å². The highest BCUT2D eigenvalue weighted by Crippen LogP contribution is 2.29. The summed E-state index contributed by atoms with van der Waals surface area (Å²) in [7, 11) is 0. The smallest absolute Gasteiger partial charge is 0.321 e. The topological polar surface area (TPSA) is 63.4 Å². The van der Waals surface area contributed by atoms with E-state index in [0.717, 1.165) is 4.90 Å². The lowest BCUT2D eigenvalue weighted by atomic mass is 9.83. The Morgan fingerprint density at radius 3 is 2.30 bits per heavy atom. The van der Waals surface area contributed by atoms with Crippen LogP contribution < -0.4 is 5.73 Å². The lowest BCUT2D eigenvalue weighted by Gasteiger charge is -2.41. The first-order chi connectivity index (χ1) is 4.45. The van der Waals surface area contributed by atoms with Crippen molar-refractivity contribution in [3.8, 4) is 0 Å². The molecule has 0 aliphatic carbocycles. The van der Waals surface area contributed by atoms with Crippen LogP contribution >= 0.6 is 0 Å². The Morgan fingerprint density at radius 2 is 2.20 bits per heavy atom. The molecule has 4 nitrogen and oxygen atoms in total. The standard InChI is InChI=1S/C6H10N2O2/c1-6(2)3-8(4(6)9)5(7)10/h3H2,1-2H3,(H2,7,10). The Bertz CT molecular complexity index is 198. The number of hydrogen-bond donors (Lipinski definition) is 1. The van der Waals surface area contributed by atoms with Gasteiger partial charge in [0.2, 0.25) is 5.91 Å². The number of imide groups is 1. The van der Waals surface area contributed by atoms with E-state index in [2.05, 4.69) is 0 Å². The number of nitrogens with two attached hydrogens (primary N) is 1. The molecule has 10 heavy (non-hydrogen) atoms. The third-order valence-corrected chi connectivity index (χ3v) is 1.64. The molecule has 0 saturated carbocycles. The van der Waals surface area contributed by atoms with Gasteiger partial charge in [-0.3, -0.25) is 9.69 Å². The number of urea groups is 1. The number of primary amides is 1. The van der Waals surface area contributed by atoms with Crippen LogP contribution in [-0.4, -0.2) is 23.4 Å². The first-order valence-corrected chi connectivity index (χ1v) is 3.06. The van der Waals surface area contributed by atoms with E-state index >= 15 is 0 Å². The van der Waals surface area contributed by atoms with E-state index in [1.54, 1.807) is 13.8 Å². The van der Waals surface area contributed by atoms with Gasteiger partial charge < -0.3 is 5.73 Å². The van der Waals surface area contributed by atoms with Crippen LogP contribution in [0.1, 0.15) is 13.8 Å². The van der Waals surface area contributed by atoms with Crippen LogP contribution in [0.15, 0.2) is 0 Å². The van der Waals surface area contributed by atoms with E-state index in [4.69, 9.17) is 5.73 Å². The maximum absolute atomic E-state index is 10.9. The zero-order valence-corrected chi connectivity index (χ0v) is 6.05. The van der Waals surface area contributed by atoms with Gasteiger partial charge in [-0.05, 0) is 13.8 Å². The van der Waals surface area contributed by atoms with Crippen molar-refractivity contribution >= 4 is 11.9 Å². The van der Waals surface area contributed by atoms with E-state index in [0.29, 0.717) is 6.54 Å². The average molecular weight is 142 g/mol. The molecule has 0 radical (unpaired) electrons. The quantitative estimate of drug-likeness (QED) is 0.481. The van der Waals surface area contributed by atoms with Gasteiger partial charge in [-0.2, -0.15) is 0 Å². The fourth-order valence-electron chi connectivity index (χ4n) is 0.987. The minimum Gasteiger partial charge on any atom is -0.351 e. The van der Waals surface area contributed by atoms with Crippen LogP contribution in [-0.2, 0) is 4.79 Å². The van der Waals surface area contributed by atoms with Crippen molar-refractivity contribution in [1.82, 2.24) is 4.90 Å². The predicted molar refractivity (Wildman–Crippen MR) is 35.1 cm³/mol. The molecule has 0 aromatic heterocycles. The monoisotopic (exact) mass is 142 g/mol. The summed E-state index contributed by atoms with van der Waals surface area (Å²) in [5.41, 5.74) is 4.50. The Kier molecular flexibility index (Phi) is 1.21. The summed E-state index contributed by atoms with van der Waals surface area (Å²) in [6.45, 7) is 4.02. The van der Waals surface area contributed by atoms with Gasteiger partial charge in [0.1, 0.15) is 0 Å². The van der Waals surface area contributed by atoms with Crippen molar-refractivity contribution in [3.05, 3.63) is 0 Å². The molecular formula is C6H10N2O2. The summed E-state index contributed by atoms with van der Waals surface area (Å²) < 4.78 is 0. The van der Waals surface area contributed by atoms with Crippen molar-refractivity contribution in [3.63, 3.8) is 0 Å². The molecule has 0 aromatic rings. The fourth-order valence-corrected chi connectivity index (χ4v) is 0.987. The molecule has 1 rings (SSSR count). The SMILES string of the molecule is CC1(C)CN(C(N)=O)C1=O. The average Bonchev–Trinajstić information content (AvgIpc) is 1.82. The van der Waals surface area contributed by atoms with Crippen molar-refractivity contribution in [2.45, 2.75) is 13.8 Å². The van der Waals surface area contributed by atoms with Crippen molar-refractivity contribution in [2.75, 3.05) is 6.54 Å². The first kappa shape index (κ1) is 7.05. The number of carbonyl (C=O) groups is 2. The second kappa shape index (κ2) is 1.71. The zero-order chi connectivity index (χ0) is 7.94. The van der Waals surface area contributed by atoms with Crippen molar-refractivity contribution in [2.24, 2.45) is 11.1 Å². The number of carbonyl (C=O) groups excluding carboxylic acids is 2. The molecule has 0 bridgehead atoms. The molecule has 1 aliphatic heterocycles. The van der Waals surface area contributed by atoms with Crippen LogP contribution in [0.5, 0.6) is 0 Å². The second-order valence-electron chi connectivity index (χ2n) is 3.11. The van der Waals surface area contributed by atoms with Crippen LogP contribution in [0.3, 0.4) is 0 Å². The Balaban J connectivity index is 2.64. The molecule has 1 saturated heterocycles. The van der Waals surface area contributed by atoms with Gasteiger partial charge in [0.15, 0.2) is 0 Å². The summed E-state index contributed by atoms with van der Waals surface area (Å²) >= 11 is 0. The normalized spacial score (nSPS) is 22.2. The van der Waals surface area contributed by atoms with Gasteiger partial charge >= 0.3 is 6.03 Å². The zero-order valence-electron chi connectivity index (χ0n) is 6.05. The van der Waals surface area contributed by atoms with Crippen molar-refractivity contribution in [1.29, 1.82) is 0 Å². The van der Waals surface area contributed by atoms with Crippen LogP contribution in [0.4, 0.5) is 4.79 Å². The largest absolute Gasteiger partial charge is 0.351 e. The van der Waals surface area contributed by atoms with E-state index in [1.807, 2.05) is 0 Å². The fraction of sp³-hybridized carbons (Fsp3) is 0.667. The highest BCUT2D eigenvalue weighted by molar-refractivity contribution is 6.01. The third kappa shape index (κ3) is 0.761. The van der Waals surface area contributed by atoms with E-state index in [9.17, 15) is 9.59 Å². The predicted octanol–water partition coefficient (Wildman–Crippen LogP) is -0.0665. The lowest BCUT2D eigenvalue weighted by Crippen LogP contribution is -2.62. The highest BCUT2D eigenvalue weighted by atomic mass is 16.2. The highest BCUT2D eigenvalue weighted by Gasteiger charge is 2.46. The van der Waals surface area contributed by atoms with Gasteiger partial charge in [-0.1, -0.05) is 0 Å². The molecule has 0 unspecified atom stereocenters. The molecule has 1 heterocycles. The lowest BCUT2D eigenvalue weighted by molar-refractivity contribution is -0.150. The third-order valence-electron chi connectivity index (χ3n) is 1.64. The number of likely N-dealkylation sites (tertiary alicyclic amines) is 1. The summed E-state index contributed by atoms with van der Waals surface area (Å²) in [6, 6.07) is -0.649. The molecule has 1 aliphatic rings. The van der Waals surface area contributed by atoms with Gasteiger partial charge in [0, 0.05) is 6.54 Å². The van der Waals surface area contributed by atoms with Gasteiger partial charge in [0.05, 0.1) is 5.41 Å². The molecule has 2 N–H and O–H groups in total. The molecule has 0 spiro atoms. The summed E-state index contributed by atoms with van der Waals surface area (Å²) in [5, 5.41) is 0. The Hall–Kier alpha value is -1.06. The number of amides is 3. The molecule has 4 heteroatoms. The van der Waals surface area contributed by atoms with Gasteiger partial charge in [-0.25, -0.2) is 4.79 Å². The first-order valence-electron chi connectivity index (χ1n) is 3.06. The van der Waals surface area contributed by atoms with E-state index in [-0.39, 0.29) is 11.3 Å². The Morgan fingerprint density at radius 1 is 1.70 bits per heavy atom. The molecule has 0 atom stereocenters. The number of rotatable bonds is 0. The second-order valence-corrected chi connectivity index (χ2v) is 3.11. The maximum atomic E-state index is 10.9. The van der Waals surface area contributed by atoms with Crippen LogP contribution in [0, 0.1) is 5.41 Å². The van der Waals surface area contributed by atoms with Crippen LogP contribution in [0.25, 0.3) is 0 Å². The number of nitrogens with zero attached hydrogens (tertiary/aromatic N) is 1. The minimum atomic E-state index is -0.649. The molecule has 56 valence electrons. The van der Waals surface area contributed by atoms with E-state index < -0.39 is 6.03 Å². The minimum absolute atomic E-state index is 0.181. The number of β-lactam (4-membered cyclic amide) rings is 1.